The van der Waals surface area contributed by atoms with Crippen molar-refractivity contribution in [3.05, 3.63) is 18.3 Å². The van der Waals surface area contributed by atoms with E-state index in [1.54, 1.807) is 0 Å². The van der Waals surface area contributed by atoms with Crippen molar-refractivity contribution in [1.29, 1.82) is 0 Å². The second kappa shape index (κ2) is 3.41. The van der Waals surface area contributed by atoms with Gasteiger partial charge in [-0.2, -0.15) is 4.39 Å². The highest BCUT2D eigenvalue weighted by Crippen LogP contribution is 2.28. The van der Waals surface area contributed by atoms with Crippen molar-refractivity contribution in [2.24, 2.45) is 0 Å². The Labute approximate surface area is 87.1 Å². The largest absolute Gasteiger partial charge is 0.371 e. The maximum absolute atomic E-state index is 12.9. The summed E-state index contributed by atoms with van der Waals surface area (Å²) in [7, 11) is 0. The number of hydrogen-bond donors (Lipinski definition) is 0. The molecule has 3 rings (SSSR count). The number of hydrogen-bond acceptors (Lipinski definition) is 4. The lowest BCUT2D eigenvalue weighted by Crippen LogP contribution is -2.43. The van der Waals surface area contributed by atoms with Crippen LogP contribution in [-0.4, -0.2) is 35.3 Å². The van der Waals surface area contributed by atoms with E-state index >= 15 is 0 Å². The molecular formula is C10H12FN3O. The molecule has 0 spiro atoms. The van der Waals surface area contributed by atoms with Crippen LogP contribution in [0.1, 0.15) is 12.8 Å². The highest BCUT2D eigenvalue weighted by atomic mass is 19.1. The van der Waals surface area contributed by atoms with Crippen LogP contribution >= 0.6 is 0 Å². The molecule has 2 unspecified atom stereocenters. The van der Waals surface area contributed by atoms with E-state index in [1.165, 1.54) is 12.4 Å². The van der Waals surface area contributed by atoms with E-state index in [2.05, 4.69) is 14.9 Å². The van der Waals surface area contributed by atoms with Gasteiger partial charge in [0, 0.05) is 19.2 Å². The van der Waals surface area contributed by atoms with Crippen LogP contribution in [0.5, 0.6) is 0 Å². The summed E-state index contributed by atoms with van der Waals surface area (Å²) >= 11 is 0. The van der Waals surface area contributed by atoms with Crippen molar-refractivity contribution in [2.45, 2.75) is 25.0 Å². The van der Waals surface area contributed by atoms with E-state index in [0.717, 1.165) is 25.9 Å². The molecule has 15 heavy (non-hydrogen) atoms. The first-order valence-corrected chi connectivity index (χ1v) is 5.19. The number of fused-ring (bicyclic) bond motifs is 2. The average Bonchev–Trinajstić information content (AvgIpc) is 2.58. The Hall–Kier alpha value is -1.23. The molecule has 2 atom stereocenters. The molecule has 2 aliphatic heterocycles. The van der Waals surface area contributed by atoms with Gasteiger partial charge in [0.1, 0.15) is 12.1 Å². The van der Waals surface area contributed by atoms with Crippen molar-refractivity contribution in [1.82, 2.24) is 9.97 Å². The van der Waals surface area contributed by atoms with Crippen molar-refractivity contribution >= 4 is 5.82 Å². The number of anilines is 1. The number of rotatable bonds is 1. The molecule has 1 aromatic heterocycles. The minimum absolute atomic E-state index is 0.293. The number of morpholine rings is 1. The average molecular weight is 209 g/mol. The quantitative estimate of drug-likeness (QED) is 0.646. The van der Waals surface area contributed by atoms with E-state index in [9.17, 15) is 4.39 Å². The van der Waals surface area contributed by atoms with Crippen molar-refractivity contribution in [3.63, 3.8) is 0 Å². The summed E-state index contributed by atoms with van der Waals surface area (Å²) in [6, 6.07) is 1.38. The SMILES string of the molecule is Fc1cc(N2CC3CCC(C2)O3)ncn1. The van der Waals surface area contributed by atoms with E-state index in [0.29, 0.717) is 18.0 Å². The van der Waals surface area contributed by atoms with Crippen molar-refractivity contribution < 1.29 is 9.13 Å². The molecule has 2 fully saturated rings. The predicted molar refractivity (Wildman–Crippen MR) is 52.1 cm³/mol. The Kier molecular flexibility index (Phi) is 2.05. The number of halogens is 1. The summed E-state index contributed by atoms with van der Waals surface area (Å²) in [5, 5.41) is 0. The monoisotopic (exact) mass is 209 g/mol. The summed E-state index contributed by atoms with van der Waals surface area (Å²) in [5.74, 6) is 0.196. The first-order valence-electron chi connectivity index (χ1n) is 5.19. The van der Waals surface area contributed by atoms with Crippen LogP contribution in [0.2, 0.25) is 0 Å². The van der Waals surface area contributed by atoms with Crippen LogP contribution in [-0.2, 0) is 4.74 Å². The summed E-state index contributed by atoms with van der Waals surface area (Å²) in [6.07, 6.45) is 4.06. The molecule has 2 aliphatic rings. The Morgan fingerprint density at radius 1 is 1.27 bits per heavy atom. The van der Waals surface area contributed by atoms with Crippen LogP contribution in [0.3, 0.4) is 0 Å². The van der Waals surface area contributed by atoms with E-state index < -0.39 is 5.95 Å². The fourth-order valence-corrected chi connectivity index (χ4v) is 2.30. The molecule has 1 aromatic rings. The van der Waals surface area contributed by atoms with Crippen molar-refractivity contribution in [2.75, 3.05) is 18.0 Å². The molecule has 0 aliphatic carbocycles. The van der Waals surface area contributed by atoms with Gasteiger partial charge in [0.15, 0.2) is 0 Å². The van der Waals surface area contributed by atoms with Crippen LogP contribution in [0, 0.1) is 5.95 Å². The summed E-state index contributed by atoms with van der Waals surface area (Å²) in [5.41, 5.74) is 0. The second-order valence-corrected chi connectivity index (χ2v) is 4.06. The second-order valence-electron chi connectivity index (χ2n) is 4.06. The molecule has 2 saturated heterocycles. The zero-order valence-corrected chi connectivity index (χ0v) is 8.27. The Balaban J connectivity index is 1.83. The van der Waals surface area contributed by atoms with Gasteiger partial charge in [0.25, 0.3) is 0 Å². The van der Waals surface area contributed by atoms with Gasteiger partial charge in [0.2, 0.25) is 5.95 Å². The Morgan fingerprint density at radius 3 is 2.67 bits per heavy atom. The Morgan fingerprint density at radius 2 is 2.00 bits per heavy atom. The minimum atomic E-state index is -0.473. The Bertz CT molecular complexity index is 361. The van der Waals surface area contributed by atoms with Crippen LogP contribution in [0.4, 0.5) is 10.2 Å². The number of nitrogens with zero attached hydrogens (tertiary/aromatic N) is 3. The van der Waals surface area contributed by atoms with Gasteiger partial charge in [-0.05, 0) is 12.8 Å². The van der Waals surface area contributed by atoms with Crippen molar-refractivity contribution in [3.8, 4) is 0 Å². The van der Waals surface area contributed by atoms with Gasteiger partial charge >= 0.3 is 0 Å². The lowest BCUT2D eigenvalue weighted by molar-refractivity contribution is 0.0302. The molecule has 3 heterocycles. The fraction of sp³-hybridized carbons (Fsp3) is 0.600. The normalized spacial score (nSPS) is 29.5. The summed E-state index contributed by atoms with van der Waals surface area (Å²) < 4.78 is 18.6. The van der Waals surface area contributed by atoms with E-state index in [4.69, 9.17) is 4.74 Å². The maximum atomic E-state index is 12.9. The lowest BCUT2D eigenvalue weighted by Gasteiger charge is -2.32. The van der Waals surface area contributed by atoms with Crippen LogP contribution < -0.4 is 4.90 Å². The third-order valence-corrected chi connectivity index (χ3v) is 2.99. The molecule has 0 amide bonds. The van der Waals surface area contributed by atoms with Gasteiger partial charge in [-0.25, -0.2) is 9.97 Å². The molecule has 2 bridgehead atoms. The molecule has 0 aromatic carbocycles. The van der Waals surface area contributed by atoms with Gasteiger partial charge < -0.3 is 9.64 Å². The summed E-state index contributed by atoms with van der Waals surface area (Å²) in [4.78, 5) is 9.61. The van der Waals surface area contributed by atoms with Crippen LogP contribution in [0.25, 0.3) is 0 Å². The minimum Gasteiger partial charge on any atom is -0.371 e. The standard InChI is InChI=1S/C10H12FN3O/c11-9-3-10(13-6-12-9)14-4-7-1-2-8(5-14)15-7/h3,6-8H,1-2,4-5H2. The first-order chi connectivity index (χ1) is 7.31. The molecule has 0 N–H and O–H groups in total. The molecule has 4 nitrogen and oxygen atoms in total. The third kappa shape index (κ3) is 1.67. The summed E-state index contributed by atoms with van der Waals surface area (Å²) in [6.45, 7) is 1.62. The smallest absolute Gasteiger partial charge is 0.218 e. The highest BCUT2D eigenvalue weighted by Gasteiger charge is 2.34. The number of aromatic nitrogens is 2. The molecule has 0 radical (unpaired) electrons. The molecule has 5 heteroatoms. The lowest BCUT2D eigenvalue weighted by atomic mass is 10.2. The predicted octanol–water partition coefficient (Wildman–Crippen LogP) is 0.983. The maximum Gasteiger partial charge on any atom is 0.218 e. The zero-order chi connectivity index (χ0) is 10.3. The molecule has 80 valence electrons. The first kappa shape index (κ1) is 9.03. The van der Waals surface area contributed by atoms with Gasteiger partial charge in [0.05, 0.1) is 12.2 Å². The molecule has 0 saturated carbocycles. The fourth-order valence-electron chi connectivity index (χ4n) is 2.30. The number of ether oxygens (including phenoxy) is 1. The van der Waals surface area contributed by atoms with Gasteiger partial charge in [-0.15, -0.1) is 0 Å². The van der Waals surface area contributed by atoms with E-state index in [1.807, 2.05) is 0 Å². The highest BCUT2D eigenvalue weighted by molar-refractivity contribution is 5.38. The zero-order valence-electron chi connectivity index (χ0n) is 8.27. The third-order valence-electron chi connectivity index (χ3n) is 2.99. The van der Waals surface area contributed by atoms with E-state index in [-0.39, 0.29) is 0 Å². The topological polar surface area (TPSA) is 38.2 Å². The van der Waals surface area contributed by atoms with Gasteiger partial charge in [-0.3, -0.25) is 0 Å². The molecular weight excluding hydrogens is 197 g/mol. The van der Waals surface area contributed by atoms with Gasteiger partial charge in [-0.1, -0.05) is 0 Å². The van der Waals surface area contributed by atoms with Crippen LogP contribution in [0.15, 0.2) is 12.4 Å².